The molecule has 25 heavy (non-hydrogen) atoms. The molecule has 2 aromatic rings. The van der Waals surface area contributed by atoms with E-state index in [9.17, 15) is 22.0 Å². The molecule has 0 saturated carbocycles. The number of sulfonamides is 1. The van der Waals surface area contributed by atoms with Gasteiger partial charge in [0, 0.05) is 31.3 Å². The molecule has 0 spiro atoms. The highest BCUT2D eigenvalue weighted by Crippen LogP contribution is 2.19. The number of carbonyl (C=O) groups excluding carboxylic acids is 1. The van der Waals surface area contributed by atoms with Crippen molar-refractivity contribution in [3.8, 4) is 0 Å². The molecule has 1 atom stereocenters. The van der Waals surface area contributed by atoms with E-state index in [1.807, 2.05) is 0 Å². The first-order chi connectivity index (χ1) is 11.6. The maximum atomic E-state index is 13.8. The fourth-order valence-corrected chi connectivity index (χ4v) is 3.10. The van der Waals surface area contributed by atoms with E-state index in [2.05, 4.69) is 5.32 Å². The summed E-state index contributed by atoms with van der Waals surface area (Å²) in [5, 5.41) is 2.59. The number of nitrogens with one attached hydrogen (secondary N) is 1. The SMILES string of the molecule is C[C@H](NC(=O)c1ccc(S(=O)(=O)N(C)C)cc1)c1ccc(F)cc1F. The molecule has 0 radical (unpaired) electrons. The van der Waals surface area contributed by atoms with Gasteiger partial charge in [-0.05, 0) is 37.3 Å². The number of benzene rings is 2. The summed E-state index contributed by atoms with van der Waals surface area (Å²) in [6, 6.07) is 7.85. The predicted octanol–water partition coefficient (Wildman–Crippen LogP) is 2.71. The van der Waals surface area contributed by atoms with Gasteiger partial charge in [-0.3, -0.25) is 4.79 Å². The highest BCUT2D eigenvalue weighted by molar-refractivity contribution is 7.89. The third-order valence-corrected chi connectivity index (χ3v) is 5.50. The van der Waals surface area contributed by atoms with Crippen molar-refractivity contribution < 1.29 is 22.0 Å². The van der Waals surface area contributed by atoms with Gasteiger partial charge in [-0.2, -0.15) is 0 Å². The molecule has 1 N–H and O–H groups in total. The van der Waals surface area contributed by atoms with Gasteiger partial charge in [0.25, 0.3) is 5.91 Å². The van der Waals surface area contributed by atoms with Crippen LogP contribution in [-0.4, -0.2) is 32.7 Å². The first-order valence-corrected chi connectivity index (χ1v) is 8.85. The summed E-state index contributed by atoms with van der Waals surface area (Å²) in [6.07, 6.45) is 0. The van der Waals surface area contributed by atoms with Crippen molar-refractivity contribution >= 4 is 15.9 Å². The van der Waals surface area contributed by atoms with Crippen molar-refractivity contribution in [1.82, 2.24) is 9.62 Å². The van der Waals surface area contributed by atoms with Crippen molar-refractivity contribution in [1.29, 1.82) is 0 Å². The Hall–Kier alpha value is -2.32. The largest absolute Gasteiger partial charge is 0.345 e. The first kappa shape index (κ1) is 19.0. The molecular weight excluding hydrogens is 350 g/mol. The Labute approximate surface area is 145 Å². The molecule has 1 amide bonds. The first-order valence-electron chi connectivity index (χ1n) is 7.41. The van der Waals surface area contributed by atoms with Gasteiger partial charge >= 0.3 is 0 Å². The standard InChI is InChI=1S/C17H18F2N2O3S/c1-11(15-9-6-13(18)10-16(15)19)20-17(22)12-4-7-14(8-5-12)25(23,24)21(2)3/h4-11H,1-3H3,(H,20,22)/t11-/m0/s1. The third-order valence-electron chi connectivity index (χ3n) is 3.67. The summed E-state index contributed by atoms with van der Waals surface area (Å²) in [4.78, 5) is 12.3. The van der Waals surface area contributed by atoms with Crippen LogP contribution >= 0.6 is 0 Å². The Bertz CT molecular complexity index is 881. The van der Waals surface area contributed by atoms with Crippen LogP contribution in [0.4, 0.5) is 8.78 Å². The van der Waals surface area contributed by atoms with Crippen LogP contribution in [0.15, 0.2) is 47.4 Å². The predicted molar refractivity (Wildman–Crippen MR) is 89.6 cm³/mol. The molecule has 0 bridgehead atoms. The minimum absolute atomic E-state index is 0.0617. The fourth-order valence-electron chi connectivity index (χ4n) is 2.20. The van der Waals surface area contributed by atoms with Gasteiger partial charge < -0.3 is 5.32 Å². The van der Waals surface area contributed by atoms with Crippen molar-refractivity contribution in [3.05, 3.63) is 65.2 Å². The number of carbonyl (C=O) groups is 1. The lowest BCUT2D eigenvalue weighted by Gasteiger charge is -2.16. The van der Waals surface area contributed by atoms with E-state index < -0.39 is 33.6 Å². The zero-order chi connectivity index (χ0) is 18.8. The monoisotopic (exact) mass is 368 g/mol. The lowest BCUT2D eigenvalue weighted by atomic mass is 10.1. The molecule has 0 unspecified atom stereocenters. The zero-order valence-corrected chi connectivity index (χ0v) is 14.8. The molecule has 0 aliphatic carbocycles. The van der Waals surface area contributed by atoms with Gasteiger partial charge in [0.15, 0.2) is 0 Å². The Morgan fingerprint density at radius 1 is 1.08 bits per heavy atom. The second-order valence-electron chi connectivity index (χ2n) is 5.67. The second kappa shape index (κ2) is 7.28. The second-order valence-corrected chi connectivity index (χ2v) is 7.82. The Morgan fingerprint density at radius 3 is 2.20 bits per heavy atom. The quantitative estimate of drug-likeness (QED) is 0.882. The summed E-state index contributed by atoms with van der Waals surface area (Å²) in [5.41, 5.74) is 0.383. The van der Waals surface area contributed by atoms with Gasteiger partial charge in [-0.15, -0.1) is 0 Å². The molecule has 134 valence electrons. The van der Waals surface area contributed by atoms with Gasteiger partial charge in [0.1, 0.15) is 11.6 Å². The van der Waals surface area contributed by atoms with Gasteiger partial charge in [0.2, 0.25) is 10.0 Å². The van der Waals surface area contributed by atoms with E-state index in [-0.39, 0.29) is 16.0 Å². The minimum Gasteiger partial charge on any atom is -0.345 e. The van der Waals surface area contributed by atoms with Crippen LogP contribution in [0.5, 0.6) is 0 Å². The molecule has 0 heterocycles. The minimum atomic E-state index is -3.58. The number of amides is 1. The van der Waals surface area contributed by atoms with E-state index in [0.717, 1.165) is 16.4 Å². The number of hydrogen-bond donors (Lipinski definition) is 1. The highest BCUT2D eigenvalue weighted by Gasteiger charge is 2.19. The molecule has 2 aromatic carbocycles. The van der Waals surface area contributed by atoms with Crippen LogP contribution in [-0.2, 0) is 10.0 Å². The van der Waals surface area contributed by atoms with Crippen LogP contribution in [0.1, 0.15) is 28.9 Å². The van der Waals surface area contributed by atoms with E-state index >= 15 is 0 Å². The van der Waals surface area contributed by atoms with E-state index in [1.54, 1.807) is 6.92 Å². The van der Waals surface area contributed by atoms with E-state index in [4.69, 9.17) is 0 Å². The summed E-state index contributed by atoms with van der Waals surface area (Å²) in [6.45, 7) is 1.57. The van der Waals surface area contributed by atoms with Crippen LogP contribution in [0.3, 0.4) is 0 Å². The van der Waals surface area contributed by atoms with Crippen molar-refractivity contribution in [3.63, 3.8) is 0 Å². The lowest BCUT2D eigenvalue weighted by Crippen LogP contribution is -2.27. The fraction of sp³-hybridized carbons (Fsp3) is 0.235. The maximum absolute atomic E-state index is 13.8. The smallest absolute Gasteiger partial charge is 0.251 e. The summed E-state index contributed by atoms with van der Waals surface area (Å²) < 4.78 is 51.8. The van der Waals surface area contributed by atoms with Crippen molar-refractivity contribution in [2.24, 2.45) is 0 Å². The van der Waals surface area contributed by atoms with Crippen LogP contribution in [0.25, 0.3) is 0 Å². The highest BCUT2D eigenvalue weighted by atomic mass is 32.2. The van der Waals surface area contributed by atoms with Crippen molar-refractivity contribution in [2.75, 3.05) is 14.1 Å². The van der Waals surface area contributed by atoms with Crippen molar-refractivity contribution in [2.45, 2.75) is 17.9 Å². The molecule has 8 heteroatoms. The Kier molecular flexibility index (Phi) is 5.54. The lowest BCUT2D eigenvalue weighted by molar-refractivity contribution is 0.0939. The van der Waals surface area contributed by atoms with Crippen LogP contribution < -0.4 is 5.32 Å². The maximum Gasteiger partial charge on any atom is 0.251 e. The topological polar surface area (TPSA) is 66.5 Å². The van der Waals surface area contributed by atoms with Gasteiger partial charge in [0.05, 0.1) is 10.9 Å². The molecule has 0 aromatic heterocycles. The summed E-state index contributed by atoms with van der Waals surface area (Å²) >= 11 is 0. The normalized spacial score (nSPS) is 12.9. The van der Waals surface area contributed by atoms with E-state index in [1.165, 1.54) is 44.4 Å². The number of halogens is 2. The molecule has 5 nitrogen and oxygen atoms in total. The molecular formula is C17H18F2N2O3S. The Balaban J connectivity index is 2.16. The number of hydrogen-bond acceptors (Lipinski definition) is 3. The molecule has 0 fully saturated rings. The van der Waals surface area contributed by atoms with Gasteiger partial charge in [-0.25, -0.2) is 21.5 Å². The van der Waals surface area contributed by atoms with Crippen LogP contribution in [0, 0.1) is 11.6 Å². The zero-order valence-electron chi connectivity index (χ0n) is 14.0. The molecule has 0 saturated heterocycles. The van der Waals surface area contributed by atoms with E-state index in [0.29, 0.717) is 0 Å². The average Bonchev–Trinajstić information content (AvgIpc) is 2.54. The average molecular weight is 368 g/mol. The molecule has 0 aliphatic rings. The number of nitrogens with zero attached hydrogens (tertiary/aromatic N) is 1. The summed E-state index contributed by atoms with van der Waals surface area (Å²) in [5.74, 6) is -1.94. The van der Waals surface area contributed by atoms with Gasteiger partial charge in [-0.1, -0.05) is 6.07 Å². The molecule has 0 aliphatic heterocycles. The summed E-state index contributed by atoms with van der Waals surface area (Å²) in [7, 11) is -0.755. The molecule has 2 rings (SSSR count). The third kappa shape index (κ3) is 4.21. The van der Waals surface area contributed by atoms with Crippen LogP contribution in [0.2, 0.25) is 0 Å². The number of rotatable bonds is 5. The Morgan fingerprint density at radius 2 is 1.68 bits per heavy atom.